The number of amides is 1. The van der Waals surface area contributed by atoms with Crippen LogP contribution >= 0.6 is 0 Å². The number of H-pyrrole nitrogens is 1. The maximum atomic E-state index is 11.9. The summed E-state index contributed by atoms with van der Waals surface area (Å²) in [5, 5.41) is 15.1. The van der Waals surface area contributed by atoms with Gasteiger partial charge in [0.15, 0.2) is 29.6 Å². The number of nitrogens with zero attached hydrogens (tertiary/aromatic N) is 5. The summed E-state index contributed by atoms with van der Waals surface area (Å²) >= 11 is 0. The predicted octanol–water partition coefficient (Wildman–Crippen LogP) is 2.26. The molecule has 3 heterocycles. The molecule has 0 saturated heterocycles. The van der Waals surface area contributed by atoms with Crippen LogP contribution < -0.4 is 14.8 Å². The van der Waals surface area contributed by atoms with Crippen molar-refractivity contribution in [3.05, 3.63) is 48.0 Å². The minimum absolute atomic E-state index is 0.0529. The zero-order valence-corrected chi connectivity index (χ0v) is 18.4. The molecular weight excluding hydrogens is 410 g/mol. The van der Waals surface area contributed by atoms with Crippen LogP contribution in [0, 0.1) is 0 Å². The van der Waals surface area contributed by atoms with Crippen molar-refractivity contribution in [2.24, 2.45) is 7.05 Å². The number of nitrogens with one attached hydrogen (secondary N) is 2. The van der Waals surface area contributed by atoms with Gasteiger partial charge in [0, 0.05) is 36.7 Å². The van der Waals surface area contributed by atoms with Gasteiger partial charge in [-0.05, 0) is 43.7 Å². The summed E-state index contributed by atoms with van der Waals surface area (Å²) in [6.07, 6.45) is 4.14. The lowest BCUT2D eigenvalue weighted by Crippen LogP contribution is -2.34. The Labute approximate surface area is 185 Å². The number of carbonyl (C=O) groups excluding carboxylic acids is 1. The van der Waals surface area contributed by atoms with Crippen LogP contribution in [0.1, 0.15) is 25.2 Å². The number of ether oxygens (including phenoxy) is 2. The molecule has 32 heavy (non-hydrogen) atoms. The summed E-state index contributed by atoms with van der Waals surface area (Å²) in [4.78, 5) is 20.9. The van der Waals surface area contributed by atoms with E-state index in [0.717, 1.165) is 28.0 Å². The van der Waals surface area contributed by atoms with Crippen molar-refractivity contribution >= 4 is 16.9 Å². The quantitative estimate of drug-likeness (QED) is 0.436. The van der Waals surface area contributed by atoms with Crippen LogP contribution in [0.5, 0.6) is 11.5 Å². The number of pyridine rings is 1. The van der Waals surface area contributed by atoms with Gasteiger partial charge in [-0.2, -0.15) is 10.2 Å². The Morgan fingerprint density at radius 2 is 2.06 bits per heavy atom. The predicted molar refractivity (Wildman–Crippen MR) is 118 cm³/mol. The van der Waals surface area contributed by atoms with Crippen molar-refractivity contribution < 1.29 is 14.3 Å². The molecule has 10 heteroatoms. The summed E-state index contributed by atoms with van der Waals surface area (Å²) in [6.45, 7) is 3.70. The second kappa shape index (κ2) is 9.04. The molecule has 0 spiro atoms. The number of methoxy groups -OCH3 is 1. The van der Waals surface area contributed by atoms with Gasteiger partial charge in [-0.3, -0.25) is 14.6 Å². The van der Waals surface area contributed by atoms with E-state index in [1.165, 1.54) is 0 Å². The number of hydrogen-bond acceptors (Lipinski definition) is 7. The van der Waals surface area contributed by atoms with Crippen LogP contribution in [0.2, 0.25) is 0 Å². The number of rotatable bonds is 8. The first-order chi connectivity index (χ1) is 15.4. The van der Waals surface area contributed by atoms with Crippen molar-refractivity contribution in [1.29, 1.82) is 0 Å². The number of benzene rings is 1. The highest BCUT2D eigenvalue weighted by atomic mass is 16.5. The summed E-state index contributed by atoms with van der Waals surface area (Å²) in [7, 11) is 3.41. The fourth-order valence-electron chi connectivity index (χ4n) is 3.29. The number of aromatic amines is 1. The van der Waals surface area contributed by atoms with Crippen molar-refractivity contribution in [1.82, 2.24) is 35.3 Å². The molecule has 0 aliphatic rings. The third-order valence-electron chi connectivity index (χ3n) is 4.79. The van der Waals surface area contributed by atoms with Crippen molar-refractivity contribution in [3.63, 3.8) is 0 Å². The average Bonchev–Trinajstić information content (AvgIpc) is 3.38. The van der Waals surface area contributed by atoms with Crippen molar-refractivity contribution in [2.75, 3.05) is 13.7 Å². The monoisotopic (exact) mass is 435 g/mol. The highest BCUT2D eigenvalue weighted by Gasteiger charge is 2.15. The summed E-state index contributed by atoms with van der Waals surface area (Å²) in [5.74, 6) is 2.16. The van der Waals surface area contributed by atoms with E-state index in [2.05, 4.69) is 25.6 Å². The molecule has 166 valence electrons. The molecule has 4 aromatic rings. The zero-order valence-electron chi connectivity index (χ0n) is 18.4. The minimum Gasteiger partial charge on any atom is -0.493 e. The zero-order chi connectivity index (χ0) is 22.7. The van der Waals surface area contributed by atoms with E-state index in [1.54, 1.807) is 36.3 Å². The molecule has 2 N–H and O–H groups in total. The molecule has 10 nitrogen and oxygen atoms in total. The topological polar surface area (TPSA) is 120 Å². The average molecular weight is 435 g/mol. The fourth-order valence-corrected chi connectivity index (χ4v) is 3.29. The van der Waals surface area contributed by atoms with Crippen molar-refractivity contribution in [3.8, 4) is 22.9 Å². The second-order valence-electron chi connectivity index (χ2n) is 7.68. The number of aromatic nitrogens is 6. The molecule has 0 atom stereocenters. The first-order valence-electron chi connectivity index (χ1n) is 10.2. The molecule has 4 rings (SSSR count). The van der Waals surface area contributed by atoms with E-state index in [1.807, 2.05) is 33.0 Å². The molecule has 0 aliphatic heterocycles. The van der Waals surface area contributed by atoms with Crippen LogP contribution in [0.25, 0.3) is 22.4 Å². The molecule has 1 amide bonds. The number of fused-ring (bicyclic) bond motifs is 1. The van der Waals surface area contributed by atoms with Gasteiger partial charge in [-0.25, -0.2) is 9.97 Å². The molecule has 0 bridgehead atoms. The van der Waals surface area contributed by atoms with Crippen LogP contribution in [-0.4, -0.2) is 55.6 Å². The summed E-state index contributed by atoms with van der Waals surface area (Å²) < 4.78 is 12.8. The van der Waals surface area contributed by atoms with E-state index in [9.17, 15) is 4.79 Å². The summed E-state index contributed by atoms with van der Waals surface area (Å²) in [6, 6.07) is 7.48. The van der Waals surface area contributed by atoms with E-state index >= 15 is 0 Å². The number of carbonyl (C=O) groups is 1. The maximum absolute atomic E-state index is 11.9. The standard InChI is InChI=1S/C22H25N7O3/c1-13(2)25-20(30)12-32-17-6-5-15(9-18(17)31-4)22-26-19(29(3)28-22)8-14-7-16-11-24-27-21(16)23-10-14/h5-7,9-11,13H,8,12H2,1-4H3,(H,25,30)(H,23,24,27). The summed E-state index contributed by atoms with van der Waals surface area (Å²) in [5.41, 5.74) is 2.55. The third-order valence-corrected chi connectivity index (χ3v) is 4.79. The van der Waals surface area contributed by atoms with E-state index in [-0.39, 0.29) is 18.6 Å². The minimum atomic E-state index is -0.190. The van der Waals surface area contributed by atoms with Crippen LogP contribution in [0.15, 0.2) is 36.7 Å². The van der Waals surface area contributed by atoms with Gasteiger partial charge in [-0.1, -0.05) is 0 Å². The molecule has 0 aliphatic carbocycles. The number of aryl methyl sites for hydroxylation is 1. The highest BCUT2D eigenvalue weighted by Crippen LogP contribution is 2.31. The van der Waals surface area contributed by atoms with Gasteiger partial charge in [-0.15, -0.1) is 0 Å². The molecule has 0 unspecified atom stereocenters. The Kier molecular flexibility index (Phi) is 6.02. The Balaban J connectivity index is 1.51. The molecular formula is C22H25N7O3. The Morgan fingerprint density at radius 1 is 1.22 bits per heavy atom. The van der Waals surface area contributed by atoms with Gasteiger partial charge in [0.25, 0.3) is 5.91 Å². The second-order valence-corrected chi connectivity index (χ2v) is 7.68. The van der Waals surface area contributed by atoms with Gasteiger partial charge in [0.1, 0.15) is 5.82 Å². The largest absolute Gasteiger partial charge is 0.493 e. The lowest BCUT2D eigenvalue weighted by Gasteiger charge is -2.12. The highest BCUT2D eigenvalue weighted by molar-refractivity contribution is 5.78. The molecule has 0 saturated carbocycles. The van der Waals surface area contributed by atoms with Crippen LogP contribution in [0.4, 0.5) is 0 Å². The smallest absolute Gasteiger partial charge is 0.258 e. The Morgan fingerprint density at radius 3 is 2.84 bits per heavy atom. The molecule has 3 aromatic heterocycles. The van der Waals surface area contributed by atoms with Gasteiger partial charge in [0.05, 0.1) is 13.3 Å². The third kappa shape index (κ3) is 4.69. The van der Waals surface area contributed by atoms with E-state index in [4.69, 9.17) is 14.5 Å². The lowest BCUT2D eigenvalue weighted by molar-refractivity contribution is -0.123. The van der Waals surface area contributed by atoms with Crippen LogP contribution in [0.3, 0.4) is 0 Å². The number of hydrogen-bond donors (Lipinski definition) is 2. The first-order valence-corrected chi connectivity index (χ1v) is 10.2. The molecule has 1 aromatic carbocycles. The van der Waals surface area contributed by atoms with Gasteiger partial charge >= 0.3 is 0 Å². The SMILES string of the molecule is COc1cc(-c2nc(Cc3cnc4[nH]ncc4c3)n(C)n2)ccc1OCC(=O)NC(C)C. The first kappa shape index (κ1) is 21.3. The maximum Gasteiger partial charge on any atom is 0.258 e. The fraction of sp³-hybridized carbons (Fsp3) is 0.318. The van der Waals surface area contributed by atoms with E-state index in [0.29, 0.717) is 23.7 Å². The lowest BCUT2D eigenvalue weighted by atomic mass is 10.1. The van der Waals surface area contributed by atoms with Gasteiger partial charge < -0.3 is 14.8 Å². The van der Waals surface area contributed by atoms with Gasteiger partial charge in [0.2, 0.25) is 0 Å². The normalized spacial score (nSPS) is 11.2. The molecule has 0 fully saturated rings. The Bertz CT molecular complexity index is 1250. The van der Waals surface area contributed by atoms with E-state index < -0.39 is 0 Å². The Hall–Kier alpha value is -3.95. The molecule has 0 radical (unpaired) electrons. The van der Waals surface area contributed by atoms with Crippen LogP contribution in [-0.2, 0) is 18.3 Å². The van der Waals surface area contributed by atoms with Crippen molar-refractivity contribution in [2.45, 2.75) is 26.3 Å².